The normalized spacial score (nSPS) is 14.1. The Labute approximate surface area is 414 Å². The molecule has 0 saturated heterocycles. The van der Waals surface area contributed by atoms with E-state index >= 15 is 0 Å². The molecule has 0 aromatic carbocycles. The highest BCUT2D eigenvalue weighted by atomic mass is 31.2. The summed E-state index contributed by atoms with van der Waals surface area (Å²) in [5, 5.41) is 0. The van der Waals surface area contributed by atoms with E-state index < -0.39 is 13.9 Å². The molecular weight excluding hydrogens is 854 g/mol. The Hall–Kier alpha value is -2.06. The fraction of sp³-hybridized carbons (Fsp3) is 0.776. The maximum absolute atomic E-state index is 12.8. The van der Waals surface area contributed by atoms with Gasteiger partial charge in [-0.25, -0.2) is 4.57 Å². The van der Waals surface area contributed by atoms with Crippen LogP contribution in [0.4, 0.5) is 0 Å². The molecule has 0 bridgehead atoms. The van der Waals surface area contributed by atoms with Gasteiger partial charge in [0.05, 0.1) is 34.4 Å². The van der Waals surface area contributed by atoms with Crippen LogP contribution in [0.25, 0.3) is 0 Å². The number of hydrogen-bond acceptors (Lipinski definition) is 6. The molecule has 0 radical (unpaired) electrons. The van der Waals surface area contributed by atoms with E-state index in [-0.39, 0.29) is 25.8 Å². The van der Waals surface area contributed by atoms with Crippen molar-refractivity contribution in [3.63, 3.8) is 0 Å². The van der Waals surface area contributed by atoms with Gasteiger partial charge in [0.2, 0.25) is 0 Å². The van der Waals surface area contributed by atoms with Crippen molar-refractivity contribution in [2.24, 2.45) is 0 Å². The molecule has 2 unspecified atom stereocenters. The van der Waals surface area contributed by atoms with Gasteiger partial charge >= 0.3 is 13.8 Å². The Kier molecular flexibility index (Phi) is 48.8. The molecule has 0 fully saturated rings. The van der Waals surface area contributed by atoms with Crippen molar-refractivity contribution in [2.75, 3.05) is 54.1 Å². The molecule has 0 aromatic rings. The molecule has 0 rings (SSSR count). The van der Waals surface area contributed by atoms with Crippen LogP contribution in [-0.2, 0) is 27.9 Å². The second-order valence-electron chi connectivity index (χ2n) is 19.6. The van der Waals surface area contributed by atoms with E-state index in [0.717, 1.165) is 64.2 Å². The molecule has 1 N–H and O–H groups in total. The van der Waals surface area contributed by atoms with Crippen LogP contribution in [0.15, 0.2) is 72.9 Å². The third kappa shape index (κ3) is 54.7. The van der Waals surface area contributed by atoms with Crippen LogP contribution in [0.2, 0.25) is 0 Å². The van der Waals surface area contributed by atoms with Crippen LogP contribution < -0.4 is 0 Å². The maximum atomic E-state index is 12.8. The third-order valence-electron chi connectivity index (χ3n) is 11.8. The number of rotatable bonds is 51. The second-order valence-corrected chi connectivity index (χ2v) is 21.0. The molecular formula is C58H107NO7P+. The summed E-state index contributed by atoms with van der Waals surface area (Å²) in [4.78, 5) is 23.1. The van der Waals surface area contributed by atoms with E-state index in [1.807, 2.05) is 21.1 Å². The summed E-state index contributed by atoms with van der Waals surface area (Å²) >= 11 is 0. The zero-order chi connectivity index (χ0) is 49.0. The number of quaternary nitrogens is 1. The minimum absolute atomic E-state index is 0.0850. The summed E-state index contributed by atoms with van der Waals surface area (Å²) in [6.45, 7) is 5.51. The molecule has 0 aliphatic heterocycles. The van der Waals surface area contributed by atoms with Gasteiger partial charge in [-0.15, -0.1) is 0 Å². The van der Waals surface area contributed by atoms with Crippen molar-refractivity contribution in [3.05, 3.63) is 72.9 Å². The summed E-state index contributed by atoms with van der Waals surface area (Å²) in [7, 11) is 1.66. The number of carbonyl (C=O) groups excluding carboxylic acids is 1. The Morgan fingerprint density at radius 3 is 1.31 bits per heavy atom. The van der Waals surface area contributed by atoms with E-state index in [9.17, 15) is 14.3 Å². The number of phosphoric ester groups is 1. The summed E-state index contributed by atoms with van der Waals surface area (Å²) < 4.78 is 35.2. The molecule has 2 atom stereocenters. The summed E-state index contributed by atoms with van der Waals surface area (Å²) in [5.74, 6) is -0.317. The van der Waals surface area contributed by atoms with Crippen molar-refractivity contribution in [1.82, 2.24) is 0 Å². The smallest absolute Gasteiger partial charge is 0.457 e. The molecule has 0 amide bonds. The molecule has 0 aliphatic rings. The Balaban J connectivity index is 4.11. The Morgan fingerprint density at radius 2 is 0.866 bits per heavy atom. The highest BCUT2D eigenvalue weighted by Gasteiger charge is 2.26. The van der Waals surface area contributed by atoms with Crippen molar-refractivity contribution in [1.29, 1.82) is 0 Å². The van der Waals surface area contributed by atoms with Crippen LogP contribution in [0, 0.1) is 0 Å². The third-order valence-corrected chi connectivity index (χ3v) is 12.7. The highest BCUT2D eigenvalue weighted by Crippen LogP contribution is 2.43. The Morgan fingerprint density at radius 1 is 0.478 bits per heavy atom. The lowest BCUT2D eigenvalue weighted by molar-refractivity contribution is -0.870. The van der Waals surface area contributed by atoms with Gasteiger partial charge in [0.1, 0.15) is 19.3 Å². The fourth-order valence-electron chi connectivity index (χ4n) is 7.52. The Bertz CT molecular complexity index is 1300. The molecule has 0 spiro atoms. The lowest BCUT2D eigenvalue weighted by atomic mass is 10.1. The maximum Gasteiger partial charge on any atom is 0.472 e. The zero-order valence-electron chi connectivity index (χ0n) is 44.4. The number of ether oxygens (including phenoxy) is 2. The topological polar surface area (TPSA) is 91.3 Å². The largest absolute Gasteiger partial charge is 0.472 e. The molecule has 0 heterocycles. The van der Waals surface area contributed by atoms with Gasteiger partial charge in [-0.3, -0.25) is 13.8 Å². The monoisotopic (exact) mass is 961 g/mol. The van der Waals surface area contributed by atoms with E-state index in [0.29, 0.717) is 24.1 Å². The minimum Gasteiger partial charge on any atom is -0.457 e. The van der Waals surface area contributed by atoms with Gasteiger partial charge in [0.25, 0.3) is 0 Å². The average molecular weight is 961 g/mol. The van der Waals surface area contributed by atoms with Crippen molar-refractivity contribution >= 4 is 13.8 Å². The lowest BCUT2D eigenvalue weighted by Crippen LogP contribution is -2.37. The highest BCUT2D eigenvalue weighted by molar-refractivity contribution is 7.47. The average Bonchev–Trinajstić information content (AvgIpc) is 3.29. The molecule has 390 valence electrons. The van der Waals surface area contributed by atoms with Crippen LogP contribution in [0.1, 0.15) is 232 Å². The van der Waals surface area contributed by atoms with Crippen molar-refractivity contribution in [2.45, 2.75) is 238 Å². The number of unbranched alkanes of at least 4 members (excludes halogenated alkanes) is 25. The van der Waals surface area contributed by atoms with Crippen LogP contribution in [0.5, 0.6) is 0 Å². The van der Waals surface area contributed by atoms with E-state index in [2.05, 4.69) is 86.8 Å². The van der Waals surface area contributed by atoms with Gasteiger partial charge in [0, 0.05) is 13.0 Å². The molecule has 9 heteroatoms. The van der Waals surface area contributed by atoms with Crippen molar-refractivity contribution in [3.8, 4) is 0 Å². The standard InChI is InChI=1S/C58H106NO7P/c1-6-8-10-12-14-16-18-20-22-24-26-27-28-29-30-31-32-34-36-38-40-42-44-46-48-50-53-63-55-57(56-65-67(61,62)64-54-52-59(3,4)5)66-58(60)51-49-47-45-43-41-39-37-35-33-25-23-21-19-17-15-13-11-9-7-2/h8,10,14,16,20-23,26-27,29-30,57H,6-7,9,11-13,15,17-19,24-25,28,31-56H2,1-5H3/p+1/b10-8-,16-14-,22-20-,23-21-,27-26-,30-29-. The number of esters is 1. The number of likely N-dealkylation sites (N-methyl/N-ethyl adjacent to an activating group) is 1. The predicted molar refractivity (Wildman–Crippen MR) is 288 cm³/mol. The first-order valence-electron chi connectivity index (χ1n) is 27.7. The number of carbonyl (C=O) groups is 1. The zero-order valence-corrected chi connectivity index (χ0v) is 45.3. The van der Waals surface area contributed by atoms with Crippen LogP contribution >= 0.6 is 7.82 Å². The first-order chi connectivity index (χ1) is 32.6. The van der Waals surface area contributed by atoms with E-state index in [4.69, 9.17) is 18.5 Å². The van der Waals surface area contributed by atoms with Gasteiger partial charge in [0.15, 0.2) is 0 Å². The quantitative estimate of drug-likeness (QED) is 0.0213. The van der Waals surface area contributed by atoms with Gasteiger partial charge in [-0.05, 0) is 83.5 Å². The van der Waals surface area contributed by atoms with E-state index in [1.54, 1.807) is 0 Å². The van der Waals surface area contributed by atoms with E-state index in [1.165, 1.54) is 148 Å². The number of nitrogens with zero attached hydrogens (tertiary/aromatic N) is 1. The predicted octanol–water partition coefficient (Wildman–Crippen LogP) is 17.4. The first kappa shape index (κ1) is 64.9. The molecule has 8 nitrogen and oxygen atoms in total. The number of allylic oxidation sites excluding steroid dienone is 12. The second kappa shape index (κ2) is 50.3. The van der Waals surface area contributed by atoms with Gasteiger partial charge in [-0.1, -0.05) is 215 Å². The molecule has 0 aromatic heterocycles. The molecule has 0 aliphatic carbocycles. The summed E-state index contributed by atoms with van der Waals surface area (Å²) in [6.07, 6.45) is 66.7. The number of phosphoric acid groups is 1. The fourth-order valence-corrected chi connectivity index (χ4v) is 8.26. The summed E-state index contributed by atoms with van der Waals surface area (Å²) in [5.41, 5.74) is 0. The lowest BCUT2D eigenvalue weighted by Gasteiger charge is -2.24. The molecule has 0 saturated carbocycles. The first-order valence-corrected chi connectivity index (χ1v) is 29.2. The van der Waals surface area contributed by atoms with Crippen LogP contribution in [0.3, 0.4) is 0 Å². The minimum atomic E-state index is -4.29. The molecule has 67 heavy (non-hydrogen) atoms. The van der Waals surface area contributed by atoms with Crippen molar-refractivity contribution < 1.29 is 37.3 Å². The summed E-state index contributed by atoms with van der Waals surface area (Å²) in [6, 6.07) is 0. The van der Waals surface area contributed by atoms with Gasteiger partial charge < -0.3 is 18.9 Å². The van der Waals surface area contributed by atoms with Gasteiger partial charge in [-0.2, -0.15) is 0 Å². The number of hydrogen-bond donors (Lipinski definition) is 1. The van der Waals surface area contributed by atoms with Crippen LogP contribution in [-0.4, -0.2) is 75.6 Å². The SMILES string of the molecule is CC/C=C\C/C=C\C/C=C\C/C=C\C/C=C\CCCCCCCCCCCCOCC(COP(=O)(O)OCC[N+](C)(C)C)OC(=O)CCCCCCCCCCC/C=C\CCCCCCCC.